The van der Waals surface area contributed by atoms with Crippen molar-refractivity contribution < 1.29 is 23.9 Å². The first-order valence-electron chi connectivity index (χ1n) is 8.57. The lowest BCUT2D eigenvalue weighted by atomic mass is 10.1. The summed E-state index contributed by atoms with van der Waals surface area (Å²) in [6.45, 7) is 5.19. The first-order chi connectivity index (χ1) is 13.1. The molecule has 0 fully saturated rings. The maximum Gasteiger partial charge on any atom is 0.409 e. The number of primary amides is 1. The summed E-state index contributed by atoms with van der Waals surface area (Å²) in [4.78, 5) is 35.9. The SMILES string of the molecule is CC(C)(C)OC(=O)N[C@H](C(=O)Nc1cccc(OC(N)=O)c1)c1ccccc1. The van der Waals surface area contributed by atoms with Gasteiger partial charge in [-0.3, -0.25) is 4.79 Å². The molecule has 0 aliphatic carbocycles. The normalized spacial score (nSPS) is 11.8. The maximum absolute atomic E-state index is 12.8. The third-order valence-corrected chi connectivity index (χ3v) is 3.38. The molecule has 2 rings (SSSR count). The van der Waals surface area contributed by atoms with Crippen LogP contribution in [0, 0.1) is 0 Å². The minimum Gasteiger partial charge on any atom is -0.444 e. The van der Waals surface area contributed by atoms with Crippen LogP contribution in [0.1, 0.15) is 32.4 Å². The highest BCUT2D eigenvalue weighted by molar-refractivity contribution is 5.97. The molecular formula is C20H23N3O5. The van der Waals surface area contributed by atoms with E-state index in [1.807, 2.05) is 0 Å². The van der Waals surface area contributed by atoms with Gasteiger partial charge >= 0.3 is 12.2 Å². The molecule has 148 valence electrons. The Bertz CT molecular complexity index is 846. The Hall–Kier alpha value is -3.55. The van der Waals surface area contributed by atoms with E-state index in [4.69, 9.17) is 15.2 Å². The minimum atomic E-state index is -0.989. The van der Waals surface area contributed by atoms with Gasteiger partial charge in [0.15, 0.2) is 0 Å². The van der Waals surface area contributed by atoms with Crippen LogP contribution < -0.4 is 21.1 Å². The molecule has 0 heterocycles. The lowest BCUT2D eigenvalue weighted by molar-refractivity contribution is -0.118. The third kappa shape index (κ3) is 6.64. The predicted molar refractivity (Wildman–Crippen MR) is 104 cm³/mol. The molecule has 0 bridgehead atoms. The highest BCUT2D eigenvalue weighted by Gasteiger charge is 2.26. The van der Waals surface area contributed by atoms with Gasteiger partial charge in [0.2, 0.25) is 0 Å². The van der Waals surface area contributed by atoms with Crippen LogP contribution in [-0.4, -0.2) is 23.7 Å². The number of ether oxygens (including phenoxy) is 2. The predicted octanol–water partition coefficient (Wildman–Crippen LogP) is 3.35. The van der Waals surface area contributed by atoms with Crippen molar-refractivity contribution in [1.82, 2.24) is 5.32 Å². The van der Waals surface area contributed by atoms with Crippen molar-refractivity contribution in [3.63, 3.8) is 0 Å². The van der Waals surface area contributed by atoms with Gasteiger partial charge in [-0.2, -0.15) is 0 Å². The van der Waals surface area contributed by atoms with Crippen molar-refractivity contribution in [2.45, 2.75) is 32.4 Å². The van der Waals surface area contributed by atoms with Crippen molar-refractivity contribution in [3.8, 4) is 5.75 Å². The Morgan fingerprint density at radius 2 is 1.68 bits per heavy atom. The highest BCUT2D eigenvalue weighted by Crippen LogP contribution is 2.21. The van der Waals surface area contributed by atoms with E-state index in [1.165, 1.54) is 12.1 Å². The van der Waals surface area contributed by atoms with Crippen molar-refractivity contribution in [2.24, 2.45) is 5.73 Å². The van der Waals surface area contributed by atoms with Gasteiger partial charge in [-0.15, -0.1) is 0 Å². The van der Waals surface area contributed by atoms with Gasteiger partial charge in [-0.1, -0.05) is 36.4 Å². The van der Waals surface area contributed by atoms with Gasteiger partial charge in [-0.05, 0) is 38.5 Å². The monoisotopic (exact) mass is 385 g/mol. The van der Waals surface area contributed by atoms with Crippen LogP contribution in [0.4, 0.5) is 15.3 Å². The van der Waals surface area contributed by atoms with E-state index >= 15 is 0 Å². The summed E-state index contributed by atoms with van der Waals surface area (Å²) in [5, 5.41) is 5.26. The molecule has 0 saturated carbocycles. The number of benzene rings is 2. The number of rotatable bonds is 5. The van der Waals surface area contributed by atoms with Crippen LogP contribution in [0.25, 0.3) is 0 Å². The second-order valence-corrected chi connectivity index (χ2v) is 6.93. The zero-order valence-corrected chi connectivity index (χ0v) is 15.9. The van der Waals surface area contributed by atoms with Gasteiger partial charge < -0.3 is 25.8 Å². The molecule has 8 heteroatoms. The summed E-state index contributed by atoms with van der Waals surface area (Å²) in [7, 11) is 0. The highest BCUT2D eigenvalue weighted by atomic mass is 16.6. The second-order valence-electron chi connectivity index (χ2n) is 6.93. The molecular weight excluding hydrogens is 362 g/mol. The van der Waals surface area contributed by atoms with Crippen LogP contribution >= 0.6 is 0 Å². The summed E-state index contributed by atoms with van der Waals surface area (Å²) in [6.07, 6.45) is -1.68. The Kier molecular flexibility index (Phi) is 6.59. The Balaban J connectivity index is 2.20. The summed E-state index contributed by atoms with van der Waals surface area (Å²) in [5.74, 6) is -0.310. The summed E-state index contributed by atoms with van der Waals surface area (Å²) < 4.78 is 10.1. The van der Waals surface area contributed by atoms with Crippen molar-refractivity contribution in [3.05, 3.63) is 60.2 Å². The topological polar surface area (TPSA) is 120 Å². The summed E-state index contributed by atoms with van der Waals surface area (Å²) >= 11 is 0. The molecule has 0 aliphatic heterocycles. The van der Waals surface area contributed by atoms with E-state index in [9.17, 15) is 14.4 Å². The largest absolute Gasteiger partial charge is 0.444 e. The maximum atomic E-state index is 12.8. The molecule has 8 nitrogen and oxygen atoms in total. The number of amides is 3. The van der Waals surface area contributed by atoms with Crippen LogP contribution in [-0.2, 0) is 9.53 Å². The van der Waals surface area contributed by atoms with E-state index in [0.29, 0.717) is 11.3 Å². The molecule has 2 aromatic carbocycles. The number of anilines is 1. The summed E-state index contributed by atoms with van der Waals surface area (Å²) in [5.41, 5.74) is 5.24. The van der Waals surface area contributed by atoms with Crippen LogP contribution in [0.5, 0.6) is 5.75 Å². The molecule has 28 heavy (non-hydrogen) atoms. The average molecular weight is 385 g/mol. The first-order valence-corrected chi connectivity index (χ1v) is 8.57. The number of nitrogens with one attached hydrogen (secondary N) is 2. The van der Waals surface area contributed by atoms with Crippen molar-refractivity contribution in [1.29, 1.82) is 0 Å². The minimum absolute atomic E-state index is 0.182. The Morgan fingerprint density at radius 1 is 1.00 bits per heavy atom. The fourth-order valence-corrected chi connectivity index (χ4v) is 2.34. The van der Waals surface area contributed by atoms with Crippen molar-refractivity contribution in [2.75, 3.05) is 5.32 Å². The lowest BCUT2D eigenvalue weighted by Gasteiger charge is -2.23. The number of hydrogen-bond donors (Lipinski definition) is 3. The fourth-order valence-electron chi connectivity index (χ4n) is 2.34. The van der Waals surface area contributed by atoms with Gasteiger partial charge in [0.1, 0.15) is 17.4 Å². The quantitative estimate of drug-likeness (QED) is 0.729. The van der Waals surface area contributed by atoms with E-state index in [-0.39, 0.29) is 5.75 Å². The van der Waals surface area contributed by atoms with E-state index < -0.39 is 29.7 Å². The van der Waals surface area contributed by atoms with Gasteiger partial charge in [0.25, 0.3) is 5.91 Å². The average Bonchev–Trinajstić information content (AvgIpc) is 2.58. The number of carbonyl (C=O) groups excluding carboxylic acids is 3. The molecule has 0 unspecified atom stereocenters. The Labute approximate surface area is 163 Å². The van der Waals surface area contributed by atoms with E-state index in [1.54, 1.807) is 63.2 Å². The molecule has 2 aromatic rings. The molecule has 0 saturated heterocycles. The second kappa shape index (κ2) is 8.90. The number of nitrogens with two attached hydrogens (primary N) is 1. The number of alkyl carbamates (subject to hydrolysis) is 1. The molecule has 0 spiro atoms. The first kappa shape index (κ1) is 20.8. The molecule has 4 N–H and O–H groups in total. The zero-order chi connectivity index (χ0) is 20.7. The van der Waals surface area contributed by atoms with Gasteiger partial charge in [0.05, 0.1) is 0 Å². The molecule has 0 aliphatic rings. The number of hydrogen-bond acceptors (Lipinski definition) is 5. The molecule has 3 amide bonds. The van der Waals surface area contributed by atoms with Crippen LogP contribution in [0.15, 0.2) is 54.6 Å². The molecule has 0 radical (unpaired) electrons. The molecule has 0 aromatic heterocycles. The van der Waals surface area contributed by atoms with E-state index in [2.05, 4.69) is 10.6 Å². The van der Waals surface area contributed by atoms with Crippen molar-refractivity contribution >= 4 is 23.8 Å². The van der Waals surface area contributed by atoms with Crippen LogP contribution in [0.2, 0.25) is 0 Å². The van der Waals surface area contributed by atoms with Gasteiger partial charge in [0, 0.05) is 11.8 Å². The van der Waals surface area contributed by atoms with Gasteiger partial charge in [-0.25, -0.2) is 9.59 Å². The third-order valence-electron chi connectivity index (χ3n) is 3.38. The number of carbonyl (C=O) groups is 3. The molecule has 1 atom stereocenters. The zero-order valence-electron chi connectivity index (χ0n) is 15.9. The Morgan fingerprint density at radius 3 is 2.29 bits per heavy atom. The smallest absolute Gasteiger partial charge is 0.409 e. The standard InChI is InChI=1S/C20H23N3O5/c1-20(2,3)28-19(26)23-16(13-8-5-4-6-9-13)17(24)22-14-10-7-11-15(12-14)27-18(21)25/h4-12,16H,1-3H3,(H2,21,25)(H,22,24)(H,23,26)/t16-/m0/s1. The summed E-state index contributed by atoms with van der Waals surface area (Å²) in [6, 6.07) is 13.9. The van der Waals surface area contributed by atoms with Crippen LogP contribution in [0.3, 0.4) is 0 Å². The van der Waals surface area contributed by atoms with E-state index in [0.717, 1.165) is 0 Å². The fraction of sp³-hybridized carbons (Fsp3) is 0.250. The lowest BCUT2D eigenvalue weighted by Crippen LogP contribution is -2.40.